The topological polar surface area (TPSA) is 46.5 Å². The van der Waals surface area contributed by atoms with Crippen LogP contribution in [0.3, 0.4) is 0 Å². The Balaban J connectivity index is 3.57. The van der Waals surface area contributed by atoms with Crippen LogP contribution in [-0.4, -0.2) is 25.1 Å². The summed E-state index contributed by atoms with van der Waals surface area (Å²) in [5, 5.41) is 8.51. The Labute approximate surface area is 90.4 Å². The lowest BCUT2D eigenvalue weighted by Crippen LogP contribution is -2.16. The molecule has 0 fully saturated rings. The second-order valence-electron chi connectivity index (χ2n) is 3.80. The number of aliphatic carboxylic acids is 1. The zero-order valence-corrected chi connectivity index (χ0v) is 10.6. The van der Waals surface area contributed by atoms with Gasteiger partial charge in [0, 0.05) is 0 Å². The van der Waals surface area contributed by atoms with Crippen molar-refractivity contribution < 1.29 is 14.6 Å². The predicted octanol–water partition coefficient (Wildman–Crippen LogP) is 2.83. The monoisotopic (exact) mass is 236 g/mol. The Bertz CT molecular complexity index is 221. The van der Waals surface area contributed by atoms with Crippen LogP contribution in [0.25, 0.3) is 0 Å². The Kier molecular flexibility index (Phi) is 5.88. The molecule has 0 aromatic heterocycles. The van der Waals surface area contributed by atoms with E-state index < -0.39 is 13.4 Å². The quantitative estimate of drug-likeness (QED) is 0.254. The molecule has 0 unspecified atom stereocenters. The maximum Gasteiger partial charge on any atom is 0.334 e. The molecule has 82 valence electrons. The van der Waals surface area contributed by atoms with Crippen LogP contribution >= 0.6 is 11.1 Å². The van der Waals surface area contributed by atoms with Gasteiger partial charge in [0.05, 0.1) is 18.4 Å². The summed E-state index contributed by atoms with van der Waals surface area (Å²) in [5.41, 5.74) is 0.215. The molecule has 0 radical (unpaired) electrons. The van der Waals surface area contributed by atoms with Gasteiger partial charge in [0.25, 0.3) is 0 Å². The minimum absolute atomic E-state index is 0.215. The second-order valence-corrected chi connectivity index (χ2v) is 10.8. The van der Waals surface area contributed by atoms with Gasteiger partial charge in [0.1, 0.15) is 0 Å². The van der Waals surface area contributed by atoms with Crippen molar-refractivity contribution in [3.8, 4) is 0 Å². The fraction of sp³-hybridized carbons (Fsp3) is 0.667. The largest absolute Gasteiger partial charge is 0.501 e. The average molecular weight is 237 g/mol. The van der Waals surface area contributed by atoms with Gasteiger partial charge in [-0.3, -0.25) is 0 Å². The van der Waals surface area contributed by atoms with E-state index in [-0.39, 0.29) is 5.57 Å². The van der Waals surface area contributed by atoms with Gasteiger partial charge in [-0.2, -0.15) is 11.1 Å². The van der Waals surface area contributed by atoms with E-state index in [2.05, 4.69) is 13.1 Å². The van der Waals surface area contributed by atoms with Crippen molar-refractivity contribution in [1.82, 2.24) is 0 Å². The van der Waals surface area contributed by atoms with E-state index in [1.54, 1.807) is 0 Å². The number of carboxylic acids is 1. The molecular formula is C9H17ClO3Si. The van der Waals surface area contributed by atoms with Gasteiger partial charge in [0.15, 0.2) is 7.38 Å². The van der Waals surface area contributed by atoms with Crippen LogP contribution in [-0.2, 0) is 9.53 Å². The van der Waals surface area contributed by atoms with Crippen molar-refractivity contribution in [2.75, 3.05) is 6.61 Å². The Hall–Kier alpha value is -0.483. The summed E-state index contributed by atoms with van der Waals surface area (Å²) in [6, 6.07) is 0.981. The number of rotatable bonds is 6. The number of hydrogen-bond donors (Lipinski definition) is 1. The normalized spacial score (nSPS) is 12.7. The highest BCUT2D eigenvalue weighted by molar-refractivity contribution is 7.19. The summed E-state index contributed by atoms with van der Waals surface area (Å²) in [7, 11) is -1.50. The van der Waals surface area contributed by atoms with Gasteiger partial charge >= 0.3 is 5.97 Å². The van der Waals surface area contributed by atoms with Crippen LogP contribution in [0, 0.1) is 0 Å². The second kappa shape index (κ2) is 6.09. The van der Waals surface area contributed by atoms with Gasteiger partial charge in [-0.05, 0) is 19.4 Å². The lowest BCUT2D eigenvalue weighted by atomic mass is 10.3. The Morgan fingerprint density at radius 1 is 1.57 bits per heavy atom. The van der Waals surface area contributed by atoms with E-state index >= 15 is 0 Å². The maximum absolute atomic E-state index is 10.4. The maximum atomic E-state index is 10.4. The van der Waals surface area contributed by atoms with Gasteiger partial charge in [-0.1, -0.05) is 13.1 Å². The fourth-order valence-electron chi connectivity index (χ4n) is 0.810. The number of carboxylic acid groups (broad SMARTS) is 1. The molecule has 0 amide bonds. The first kappa shape index (κ1) is 13.5. The number of ether oxygens (including phenoxy) is 1. The molecule has 0 aromatic carbocycles. The van der Waals surface area contributed by atoms with E-state index in [0.717, 1.165) is 12.5 Å². The summed E-state index contributed by atoms with van der Waals surface area (Å²) >= 11 is 6.10. The van der Waals surface area contributed by atoms with Crippen molar-refractivity contribution in [1.29, 1.82) is 0 Å². The van der Waals surface area contributed by atoms with Gasteiger partial charge < -0.3 is 9.84 Å². The molecule has 5 heteroatoms. The third-order valence-corrected chi connectivity index (χ3v) is 3.74. The molecule has 0 aliphatic heterocycles. The first-order chi connectivity index (χ1) is 6.33. The van der Waals surface area contributed by atoms with Crippen LogP contribution < -0.4 is 0 Å². The molecule has 0 saturated carbocycles. The molecule has 0 bridgehead atoms. The molecule has 14 heavy (non-hydrogen) atoms. The zero-order chi connectivity index (χ0) is 11.2. The highest BCUT2D eigenvalue weighted by Gasteiger charge is 2.15. The summed E-state index contributed by atoms with van der Waals surface area (Å²) in [6.45, 7) is 6.19. The molecule has 0 atom stereocenters. The standard InChI is InChI=1S/C9H17ClO3Si/c1-8(9(11)12)7-13-5-4-6-14(2,3)10/h7H,4-6H2,1-3H3,(H,11,12). The molecule has 0 heterocycles. The van der Waals surface area contributed by atoms with Gasteiger partial charge in [-0.25, -0.2) is 4.79 Å². The number of hydrogen-bond acceptors (Lipinski definition) is 2. The first-order valence-corrected chi connectivity index (χ1v) is 8.75. The molecule has 1 N–H and O–H groups in total. The van der Waals surface area contributed by atoms with Crippen molar-refractivity contribution in [3.05, 3.63) is 11.8 Å². The van der Waals surface area contributed by atoms with Crippen LogP contribution in [0.1, 0.15) is 13.3 Å². The summed E-state index contributed by atoms with van der Waals surface area (Å²) < 4.78 is 5.07. The summed E-state index contributed by atoms with van der Waals surface area (Å²) in [5.74, 6) is -0.947. The van der Waals surface area contributed by atoms with E-state index in [9.17, 15) is 4.79 Å². The van der Waals surface area contributed by atoms with Crippen LogP contribution in [0.15, 0.2) is 11.8 Å². The van der Waals surface area contributed by atoms with E-state index in [4.69, 9.17) is 20.9 Å². The zero-order valence-electron chi connectivity index (χ0n) is 8.84. The molecular weight excluding hydrogens is 220 g/mol. The van der Waals surface area contributed by atoms with Crippen molar-refractivity contribution in [2.24, 2.45) is 0 Å². The number of carbonyl (C=O) groups is 1. The Morgan fingerprint density at radius 3 is 2.57 bits per heavy atom. The summed E-state index contributed by atoms with van der Waals surface area (Å²) in [4.78, 5) is 10.4. The highest BCUT2D eigenvalue weighted by atomic mass is 35.6. The molecule has 0 aromatic rings. The lowest BCUT2D eigenvalue weighted by molar-refractivity contribution is -0.132. The number of halogens is 1. The summed E-state index contributed by atoms with van der Waals surface area (Å²) in [6.07, 6.45) is 2.16. The third kappa shape index (κ3) is 8.13. The predicted molar refractivity (Wildman–Crippen MR) is 60.1 cm³/mol. The van der Waals surface area contributed by atoms with E-state index in [1.807, 2.05) is 0 Å². The van der Waals surface area contributed by atoms with Crippen molar-refractivity contribution >= 4 is 24.4 Å². The Morgan fingerprint density at radius 2 is 2.14 bits per heavy atom. The smallest absolute Gasteiger partial charge is 0.334 e. The van der Waals surface area contributed by atoms with Gasteiger partial charge in [-0.15, -0.1) is 0 Å². The molecule has 3 nitrogen and oxygen atoms in total. The van der Waals surface area contributed by atoms with E-state index in [1.165, 1.54) is 13.2 Å². The minimum atomic E-state index is -1.50. The minimum Gasteiger partial charge on any atom is -0.501 e. The van der Waals surface area contributed by atoms with Gasteiger partial charge in [0.2, 0.25) is 0 Å². The average Bonchev–Trinajstić information content (AvgIpc) is 2.01. The third-order valence-electron chi connectivity index (χ3n) is 1.63. The molecule has 0 aliphatic rings. The molecule has 0 rings (SSSR count). The van der Waals surface area contributed by atoms with Crippen LogP contribution in [0.2, 0.25) is 19.1 Å². The van der Waals surface area contributed by atoms with Crippen molar-refractivity contribution in [3.63, 3.8) is 0 Å². The fourth-order valence-corrected chi connectivity index (χ4v) is 2.20. The van der Waals surface area contributed by atoms with Crippen LogP contribution in [0.4, 0.5) is 0 Å². The van der Waals surface area contributed by atoms with Crippen LogP contribution in [0.5, 0.6) is 0 Å². The molecule has 0 aliphatic carbocycles. The molecule has 0 spiro atoms. The lowest BCUT2D eigenvalue weighted by Gasteiger charge is -2.11. The van der Waals surface area contributed by atoms with Crippen molar-refractivity contribution in [2.45, 2.75) is 32.5 Å². The highest BCUT2D eigenvalue weighted by Crippen LogP contribution is 2.16. The SMILES string of the molecule is CC(=COCCC[Si](C)(C)Cl)C(=O)O. The van der Waals surface area contributed by atoms with E-state index in [0.29, 0.717) is 6.61 Å². The molecule has 0 saturated heterocycles. The first-order valence-electron chi connectivity index (χ1n) is 4.53.